The molecule has 0 saturated heterocycles. The predicted molar refractivity (Wildman–Crippen MR) is 76.0 cm³/mol. The van der Waals surface area contributed by atoms with Crippen LogP contribution in [0.5, 0.6) is 5.75 Å². The zero-order valence-electron chi connectivity index (χ0n) is 10.6. The van der Waals surface area contributed by atoms with Gasteiger partial charge in [0.1, 0.15) is 5.75 Å². The minimum absolute atomic E-state index is 0.0782. The third-order valence-corrected chi connectivity index (χ3v) is 3.51. The number of hydrogen-bond acceptors (Lipinski definition) is 2. The number of methoxy groups -OCH3 is 1. The lowest BCUT2D eigenvalue weighted by atomic mass is 10.0. The molecule has 1 N–H and O–H groups in total. The number of hydrogen-bond donors (Lipinski definition) is 1. The first kappa shape index (κ1) is 13.7. The van der Waals surface area contributed by atoms with E-state index >= 15 is 0 Å². The van der Waals surface area contributed by atoms with Crippen molar-refractivity contribution in [1.82, 2.24) is 0 Å². The molecule has 3 nitrogen and oxygen atoms in total. The van der Waals surface area contributed by atoms with E-state index in [2.05, 4.69) is 0 Å². The fourth-order valence-corrected chi connectivity index (χ4v) is 2.23. The van der Waals surface area contributed by atoms with Gasteiger partial charge in [-0.15, -0.1) is 11.6 Å². The Hall–Kier alpha value is -1.74. The Bertz CT molecular complexity index is 595. The second-order valence-electron chi connectivity index (χ2n) is 4.37. The lowest BCUT2D eigenvalue weighted by Gasteiger charge is -2.10. The van der Waals surface area contributed by atoms with Gasteiger partial charge >= 0.3 is 5.97 Å². The molecule has 19 heavy (non-hydrogen) atoms. The smallest absolute Gasteiger partial charge is 0.303 e. The van der Waals surface area contributed by atoms with Crippen LogP contribution in [0.1, 0.15) is 23.8 Å². The summed E-state index contributed by atoms with van der Waals surface area (Å²) < 4.78 is 5.17. The fraction of sp³-hybridized carbons (Fsp3) is 0.267. The second kappa shape index (κ2) is 5.93. The number of carboxylic acids is 1. The minimum atomic E-state index is -0.823. The number of aliphatic carboxylic acids is 1. The third kappa shape index (κ3) is 3.38. The molecular weight excluding hydrogens is 264 g/mol. The molecule has 2 aromatic carbocycles. The van der Waals surface area contributed by atoms with Crippen molar-refractivity contribution in [1.29, 1.82) is 0 Å². The molecule has 0 heterocycles. The number of carbonyl (C=O) groups is 1. The third-order valence-electron chi connectivity index (χ3n) is 3.04. The lowest BCUT2D eigenvalue weighted by Crippen LogP contribution is -1.98. The zero-order valence-corrected chi connectivity index (χ0v) is 11.4. The van der Waals surface area contributed by atoms with E-state index in [1.807, 2.05) is 36.4 Å². The monoisotopic (exact) mass is 278 g/mol. The van der Waals surface area contributed by atoms with Gasteiger partial charge in [0.2, 0.25) is 0 Å². The molecule has 0 fully saturated rings. The van der Waals surface area contributed by atoms with Gasteiger partial charge in [0.25, 0.3) is 0 Å². The van der Waals surface area contributed by atoms with Crippen LogP contribution >= 0.6 is 11.6 Å². The highest BCUT2D eigenvalue weighted by molar-refractivity contribution is 6.21. The first-order valence-electron chi connectivity index (χ1n) is 6.03. The molecular formula is C15H15ClO3. The number of halogens is 1. The Morgan fingerprint density at radius 1 is 1.26 bits per heavy atom. The summed E-state index contributed by atoms with van der Waals surface area (Å²) in [5, 5.41) is 10.5. The van der Waals surface area contributed by atoms with Crippen LogP contribution in [-0.2, 0) is 4.79 Å². The highest BCUT2D eigenvalue weighted by Gasteiger charge is 2.10. The lowest BCUT2D eigenvalue weighted by molar-refractivity contribution is -0.137. The van der Waals surface area contributed by atoms with Crippen LogP contribution in [-0.4, -0.2) is 18.2 Å². The molecule has 2 aromatic rings. The predicted octanol–water partition coefficient (Wildman–Crippen LogP) is 3.99. The van der Waals surface area contributed by atoms with E-state index in [1.54, 1.807) is 7.11 Å². The van der Waals surface area contributed by atoms with Crippen LogP contribution < -0.4 is 4.74 Å². The van der Waals surface area contributed by atoms with E-state index in [9.17, 15) is 4.79 Å². The van der Waals surface area contributed by atoms with Gasteiger partial charge in [-0.25, -0.2) is 0 Å². The maximum absolute atomic E-state index is 10.5. The van der Waals surface area contributed by atoms with Gasteiger partial charge in [0.15, 0.2) is 0 Å². The second-order valence-corrected chi connectivity index (χ2v) is 4.90. The van der Waals surface area contributed by atoms with Crippen molar-refractivity contribution in [2.24, 2.45) is 0 Å². The molecule has 4 heteroatoms. The van der Waals surface area contributed by atoms with Crippen molar-refractivity contribution in [3.8, 4) is 5.75 Å². The standard InChI is InChI=1S/C15H15ClO3/c1-19-13-5-4-10-8-12(3-2-11(10)9-13)14(16)6-7-15(17)18/h2-5,8-9,14H,6-7H2,1H3,(H,17,18). The molecule has 0 aliphatic rings. The van der Waals surface area contributed by atoms with E-state index < -0.39 is 5.97 Å². The van der Waals surface area contributed by atoms with Crippen molar-refractivity contribution < 1.29 is 14.6 Å². The SMILES string of the molecule is COc1ccc2cc(C(Cl)CCC(=O)O)ccc2c1. The van der Waals surface area contributed by atoms with Crippen molar-refractivity contribution in [3.05, 3.63) is 42.0 Å². The normalized spacial score (nSPS) is 12.3. The summed E-state index contributed by atoms with van der Waals surface area (Å²) >= 11 is 6.22. The molecule has 0 saturated carbocycles. The number of alkyl halides is 1. The Morgan fingerprint density at radius 3 is 2.63 bits per heavy atom. The number of carboxylic acid groups (broad SMARTS) is 1. The molecule has 0 amide bonds. The molecule has 0 spiro atoms. The maximum Gasteiger partial charge on any atom is 0.303 e. The van der Waals surface area contributed by atoms with E-state index in [-0.39, 0.29) is 11.8 Å². The summed E-state index contributed by atoms with van der Waals surface area (Å²) in [4.78, 5) is 10.5. The van der Waals surface area contributed by atoms with Crippen molar-refractivity contribution in [2.75, 3.05) is 7.11 Å². The minimum Gasteiger partial charge on any atom is -0.497 e. The number of ether oxygens (including phenoxy) is 1. The Morgan fingerprint density at radius 2 is 1.95 bits per heavy atom. The number of fused-ring (bicyclic) bond motifs is 1. The highest BCUT2D eigenvalue weighted by atomic mass is 35.5. The van der Waals surface area contributed by atoms with Gasteiger partial charge in [-0.1, -0.05) is 18.2 Å². The summed E-state index contributed by atoms with van der Waals surface area (Å²) in [7, 11) is 1.64. The maximum atomic E-state index is 10.5. The molecule has 100 valence electrons. The summed E-state index contributed by atoms with van der Waals surface area (Å²) in [5.41, 5.74) is 0.945. The van der Waals surface area contributed by atoms with Crippen LogP contribution in [0.15, 0.2) is 36.4 Å². The molecule has 0 aliphatic carbocycles. The average Bonchev–Trinajstić information content (AvgIpc) is 2.43. The highest BCUT2D eigenvalue weighted by Crippen LogP contribution is 2.29. The molecule has 1 atom stereocenters. The van der Waals surface area contributed by atoms with E-state index in [4.69, 9.17) is 21.4 Å². The Kier molecular flexibility index (Phi) is 4.27. The first-order valence-corrected chi connectivity index (χ1v) is 6.47. The van der Waals surface area contributed by atoms with Gasteiger partial charge < -0.3 is 9.84 Å². The van der Waals surface area contributed by atoms with Gasteiger partial charge in [-0.05, 0) is 41.0 Å². The quantitative estimate of drug-likeness (QED) is 0.841. The summed E-state index contributed by atoms with van der Waals surface area (Å²) in [6, 6.07) is 11.7. The van der Waals surface area contributed by atoms with Crippen LogP contribution in [0, 0.1) is 0 Å². The molecule has 0 radical (unpaired) electrons. The molecule has 0 bridgehead atoms. The van der Waals surface area contributed by atoms with E-state index in [0.717, 1.165) is 22.1 Å². The van der Waals surface area contributed by atoms with Crippen molar-refractivity contribution >= 4 is 28.3 Å². The topological polar surface area (TPSA) is 46.5 Å². The molecule has 0 aliphatic heterocycles. The van der Waals surface area contributed by atoms with Gasteiger partial charge in [0.05, 0.1) is 12.5 Å². The fourth-order valence-electron chi connectivity index (χ4n) is 1.98. The zero-order chi connectivity index (χ0) is 13.8. The van der Waals surface area contributed by atoms with E-state index in [1.165, 1.54) is 0 Å². The van der Waals surface area contributed by atoms with Gasteiger partial charge in [0, 0.05) is 6.42 Å². The van der Waals surface area contributed by atoms with Crippen LogP contribution in [0.2, 0.25) is 0 Å². The number of rotatable bonds is 5. The first-order chi connectivity index (χ1) is 9.10. The molecule has 2 rings (SSSR count). The van der Waals surface area contributed by atoms with Crippen LogP contribution in [0.25, 0.3) is 10.8 Å². The Labute approximate surface area is 116 Å². The summed E-state index contributed by atoms with van der Waals surface area (Å²) in [5.74, 6) is -0.00951. The number of benzene rings is 2. The van der Waals surface area contributed by atoms with Gasteiger partial charge in [-0.3, -0.25) is 4.79 Å². The van der Waals surface area contributed by atoms with Crippen molar-refractivity contribution in [3.63, 3.8) is 0 Å². The van der Waals surface area contributed by atoms with Crippen LogP contribution in [0.3, 0.4) is 0 Å². The molecule has 0 aromatic heterocycles. The summed E-state index contributed by atoms with van der Waals surface area (Å²) in [6.07, 6.45) is 0.507. The van der Waals surface area contributed by atoms with Gasteiger partial charge in [-0.2, -0.15) is 0 Å². The summed E-state index contributed by atoms with van der Waals surface area (Å²) in [6.45, 7) is 0. The average molecular weight is 279 g/mol. The molecule has 1 unspecified atom stereocenters. The van der Waals surface area contributed by atoms with Crippen LogP contribution in [0.4, 0.5) is 0 Å². The van der Waals surface area contributed by atoms with E-state index in [0.29, 0.717) is 6.42 Å². The van der Waals surface area contributed by atoms with Crippen molar-refractivity contribution in [2.45, 2.75) is 18.2 Å². The largest absolute Gasteiger partial charge is 0.497 e. The Balaban J connectivity index is 2.23.